The molecule has 3 aliphatic rings. The van der Waals surface area contributed by atoms with Crippen molar-refractivity contribution in [3.63, 3.8) is 0 Å². The smallest absolute Gasteiger partial charge is 0.290 e. The van der Waals surface area contributed by atoms with Crippen LogP contribution in [-0.2, 0) is 10.2 Å². The van der Waals surface area contributed by atoms with Crippen LogP contribution < -0.4 is 5.32 Å². The highest BCUT2D eigenvalue weighted by atomic mass is 32.2. The number of benzene rings is 1. The van der Waals surface area contributed by atoms with Gasteiger partial charge in [0.2, 0.25) is 0 Å². The summed E-state index contributed by atoms with van der Waals surface area (Å²) in [5.41, 5.74) is 4.49. The average Bonchev–Trinajstić information content (AvgIpc) is 3.10. The zero-order valence-corrected chi connectivity index (χ0v) is 20.2. The van der Waals surface area contributed by atoms with Crippen LogP contribution in [0.5, 0.6) is 5.75 Å². The van der Waals surface area contributed by atoms with Gasteiger partial charge in [-0.3, -0.25) is 19.9 Å². The van der Waals surface area contributed by atoms with Gasteiger partial charge in [0.05, 0.1) is 10.6 Å². The Balaban J connectivity index is 1.48. The number of phenolic OH excluding ortho intramolecular Hbond substituents is 1. The van der Waals surface area contributed by atoms with Crippen LogP contribution in [0, 0.1) is 17.8 Å². The maximum Gasteiger partial charge on any atom is 0.290 e. The third-order valence-corrected chi connectivity index (χ3v) is 8.63. The summed E-state index contributed by atoms with van der Waals surface area (Å²) in [5.74, 6) is 2.13. The molecule has 5 nitrogen and oxygen atoms in total. The first-order valence-corrected chi connectivity index (χ1v) is 12.6. The third-order valence-electron chi connectivity index (χ3n) is 7.65. The molecule has 2 amide bonds. The molecule has 0 spiro atoms. The number of carbonyl (C=O) groups is 2. The molecular weight excluding hydrogens is 432 g/mol. The Morgan fingerprint density at radius 1 is 1.09 bits per heavy atom. The molecule has 2 N–H and O–H groups in total. The van der Waals surface area contributed by atoms with Crippen LogP contribution in [0.4, 0.5) is 4.79 Å². The lowest BCUT2D eigenvalue weighted by molar-refractivity contribution is -0.115. The van der Waals surface area contributed by atoms with Crippen LogP contribution in [0.15, 0.2) is 41.4 Å². The second-order valence-electron chi connectivity index (χ2n) is 10.4. The zero-order valence-electron chi connectivity index (χ0n) is 19.4. The van der Waals surface area contributed by atoms with Crippen molar-refractivity contribution < 1.29 is 14.7 Å². The van der Waals surface area contributed by atoms with Gasteiger partial charge in [0.15, 0.2) is 0 Å². The molecule has 2 aromatic rings. The number of nitrogens with zero attached hydrogens (tertiary/aromatic N) is 1. The lowest BCUT2D eigenvalue weighted by Crippen LogP contribution is -2.42. The summed E-state index contributed by atoms with van der Waals surface area (Å²) in [6.07, 6.45) is 7.76. The Hall–Kier alpha value is -2.60. The van der Waals surface area contributed by atoms with Crippen molar-refractivity contribution in [3.8, 4) is 17.0 Å². The summed E-state index contributed by atoms with van der Waals surface area (Å²) in [4.78, 5) is 28.6. The highest BCUT2D eigenvalue weighted by Gasteiger charge is 2.46. The molecular formula is C27H30N2O3S. The number of hydrogen-bond acceptors (Lipinski definition) is 5. The van der Waals surface area contributed by atoms with Gasteiger partial charge in [0.1, 0.15) is 5.75 Å². The number of aromatic nitrogens is 1. The van der Waals surface area contributed by atoms with Crippen LogP contribution >= 0.6 is 11.8 Å². The predicted molar refractivity (Wildman–Crippen MR) is 132 cm³/mol. The van der Waals surface area contributed by atoms with E-state index in [2.05, 4.69) is 30.2 Å². The molecule has 6 heteroatoms. The number of amides is 2. The number of rotatable bonds is 3. The fourth-order valence-electron chi connectivity index (χ4n) is 6.63. The topological polar surface area (TPSA) is 79.3 Å². The highest BCUT2D eigenvalue weighted by molar-refractivity contribution is 8.18. The number of thioether (sulfide) groups is 1. The Morgan fingerprint density at radius 2 is 1.82 bits per heavy atom. The number of phenols is 1. The van der Waals surface area contributed by atoms with Gasteiger partial charge in [-0.25, -0.2) is 0 Å². The molecule has 2 heterocycles. The first-order valence-electron chi connectivity index (χ1n) is 11.8. The minimum Gasteiger partial charge on any atom is -0.508 e. The van der Waals surface area contributed by atoms with Crippen LogP contribution in [0.25, 0.3) is 16.8 Å². The zero-order chi connectivity index (χ0) is 23.3. The average molecular weight is 463 g/mol. The van der Waals surface area contributed by atoms with E-state index in [1.54, 1.807) is 6.20 Å². The summed E-state index contributed by atoms with van der Waals surface area (Å²) >= 11 is 0.929. The van der Waals surface area contributed by atoms with Crippen LogP contribution in [0.1, 0.15) is 64.0 Å². The monoisotopic (exact) mass is 462 g/mol. The summed E-state index contributed by atoms with van der Waals surface area (Å²) < 4.78 is 0. The molecule has 1 aliphatic heterocycles. The van der Waals surface area contributed by atoms with Crippen LogP contribution in [0.3, 0.4) is 0 Å². The summed E-state index contributed by atoms with van der Waals surface area (Å²) in [7, 11) is 0. The number of pyridine rings is 1. The SMILES string of the molecule is C/C(=C1\SC(=O)NC1=O)c1ccc(-c2ccc(O)c(C34CC(C)CC(CC(C)C3)C4)c2)nc1. The fraction of sp³-hybridized carbons (Fsp3) is 0.444. The molecule has 1 aromatic carbocycles. The Labute approximate surface area is 199 Å². The van der Waals surface area contributed by atoms with Gasteiger partial charge in [-0.1, -0.05) is 19.9 Å². The second kappa shape index (κ2) is 8.32. The molecule has 1 saturated heterocycles. The number of aromatic hydroxyl groups is 1. The molecule has 2 atom stereocenters. The van der Waals surface area contributed by atoms with Gasteiger partial charge >= 0.3 is 0 Å². The Kier molecular flexibility index (Phi) is 5.60. The molecule has 5 rings (SSSR count). The van der Waals surface area contributed by atoms with E-state index >= 15 is 0 Å². The number of nitrogens with one attached hydrogen (secondary N) is 1. The highest BCUT2D eigenvalue weighted by Crippen LogP contribution is 2.56. The summed E-state index contributed by atoms with van der Waals surface area (Å²) in [6.45, 7) is 6.54. The van der Waals surface area contributed by atoms with Crippen molar-refractivity contribution in [2.45, 2.75) is 58.3 Å². The first-order chi connectivity index (χ1) is 15.7. The maximum atomic E-state index is 12.0. The Morgan fingerprint density at radius 3 is 2.42 bits per heavy atom. The summed E-state index contributed by atoms with van der Waals surface area (Å²) in [6, 6.07) is 9.78. The minimum absolute atomic E-state index is 0.0423. The molecule has 0 radical (unpaired) electrons. The fourth-order valence-corrected chi connectivity index (χ4v) is 7.38. The largest absolute Gasteiger partial charge is 0.508 e. The van der Waals surface area contributed by atoms with Crippen molar-refractivity contribution in [1.29, 1.82) is 0 Å². The maximum absolute atomic E-state index is 12.0. The second-order valence-corrected chi connectivity index (χ2v) is 11.4. The Bertz CT molecular complexity index is 1130. The van der Waals surface area contributed by atoms with E-state index in [0.717, 1.165) is 64.9 Å². The first kappa shape index (κ1) is 22.2. The van der Waals surface area contributed by atoms with E-state index in [0.29, 0.717) is 22.5 Å². The van der Waals surface area contributed by atoms with E-state index in [4.69, 9.17) is 0 Å². The number of allylic oxidation sites excluding steroid dienone is 1. The van der Waals surface area contributed by atoms with E-state index in [1.165, 1.54) is 12.8 Å². The quantitative estimate of drug-likeness (QED) is 0.525. The minimum atomic E-state index is -0.351. The van der Waals surface area contributed by atoms with Crippen molar-refractivity contribution in [2.24, 2.45) is 17.8 Å². The van der Waals surface area contributed by atoms with Crippen molar-refractivity contribution in [2.75, 3.05) is 0 Å². The van der Waals surface area contributed by atoms with Crippen LogP contribution in [0.2, 0.25) is 0 Å². The standard InChI is InChI=1S/C27H30N2O3S/c1-15-8-18-9-16(2)12-27(11-15,13-18)21-10-19(5-7-23(21)30)22-6-4-20(14-28-22)17(3)24-25(31)29-26(32)33-24/h4-7,10,14-16,18,30H,8-9,11-13H2,1-3H3,(H,29,31,32)/b24-17+. The van der Waals surface area contributed by atoms with Gasteiger partial charge in [-0.2, -0.15) is 0 Å². The van der Waals surface area contributed by atoms with E-state index in [9.17, 15) is 14.7 Å². The lowest BCUT2D eigenvalue weighted by atomic mass is 9.54. The molecule has 1 aromatic heterocycles. The number of hydrogen-bond donors (Lipinski definition) is 2. The predicted octanol–water partition coefficient (Wildman–Crippen LogP) is 6.27. The number of carbonyl (C=O) groups excluding carboxylic acids is 2. The van der Waals surface area contributed by atoms with E-state index in [-0.39, 0.29) is 16.6 Å². The van der Waals surface area contributed by atoms with Crippen molar-refractivity contribution in [3.05, 3.63) is 52.6 Å². The van der Waals surface area contributed by atoms with Crippen LogP contribution in [-0.4, -0.2) is 21.2 Å². The van der Waals surface area contributed by atoms with E-state index < -0.39 is 0 Å². The van der Waals surface area contributed by atoms with Crippen molar-refractivity contribution in [1.82, 2.24) is 10.3 Å². The molecule has 33 heavy (non-hydrogen) atoms. The van der Waals surface area contributed by atoms with Gasteiger partial charge < -0.3 is 5.11 Å². The molecule has 2 saturated carbocycles. The van der Waals surface area contributed by atoms with Gasteiger partial charge in [0, 0.05) is 17.3 Å². The number of fused-ring (bicyclic) bond motifs is 2. The molecule has 2 bridgehead atoms. The van der Waals surface area contributed by atoms with E-state index in [1.807, 2.05) is 31.2 Å². The normalized spacial score (nSPS) is 30.8. The summed E-state index contributed by atoms with van der Waals surface area (Å²) in [5, 5.41) is 12.9. The lowest BCUT2D eigenvalue weighted by Gasteiger charge is -2.50. The van der Waals surface area contributed by atoms with Gasteiger partial charge in [-0.05, 0) is 109 Å². The molecule has 2 aliphatic carbocycles. The van der Waals surface area contributed by atoms with Gasteiger partial charge in [0.25, 0.3) is 11.1 Å². The number of imide groups is 1. The van der Waals surface area contributed by atoms with Gasteiger partial charge in [-0.15, -0.1) is 0 Å². The third kappa shape index (κ3) is 4.10. The molecule has 2 unspecified atom stereocenters. The molecule has 3 fully saturated rings. The van der Waals surface area contributed by atoms with Crippen molar-refractivity contribution >= 4 is 28.5 Å². The molecule has 172 valence electrons.